The first-order chi connectivity index (χ1) is 7.72. The van der Waals surface area contributed by atoms with Gasteiger partial charge < -0.3 is 11.1 Å². The first kappa shape index (κ1) is 13.5. The molecule has 1 saturated carbocycles. The van der Waals surface area contributed by atoms with Gasteiger partial charge in [-0.3, -0.25) is 4.79 Å². The van der Waals surface area contributed by atoms with E-state index in [1.807, 2.05) is 0 Å². The van der Waals surface area contributed by atoms with E-state index < -0.39 is 0 Å². The third kappa shape index (κ3) is 5.50. The van der Waals surface area contributed by atoms with Gasteiger partial charge in [-0.15, -0.1) is 0 Å². The molecule has 1 aliphatic rings. The van der Waals surface area contributed by atoms with E-state index in [1.54, 1.807) is 0 Å². The summed E-state index contributed by atoms with van der Waals surface area (Å²) in [6.45, 7) is 3.42. The molecule has 0 aliphatic heterocycles. The second-order valence-electron chi connectivity index (χ2n) is 5.19. The van der Waals surface area contributed by atoms with Crippen LogP contribution in [0.5, 0.6) is 0 Å². The summed E-state index contributed by atoms with van der Waals surface area (Å²) in [5.41, 5.74) is 5.49. The third-order valence-corrected chi connectivity index (χ3v) is 3.54. The smallest absolute Gasteiger partial charge is 0.220 e. The summed E-state index contributed by atoms with van der Waals surface area (Å²) in [4.78, 5) is 11.5. The fraction of sp³-hybridized carbons (Fsp3) is 0.923. The maximum absolute atomic E-state index is 11.5. The van der Waals surface area contributed by atoms with Crippen molar-refractivity contribution in [1.82, 2.24) is 5.32 Å². The zero-order chi connectivity index (χ0) is 11.8. The van der Waals surface area contributed by atoms with Gasteiger partial charge in [0, 0.05) is 13.0 Å². The summed E-state index contributed by atoms with van der Waals surface area (Å²) in [7, 11) is 0. The third-order valence-electron chi connectivity index (χ3n) is 3.54. The Balaban J connectivity index is 1.97. The zero-order valence-electron chi connectivity index (χ0n) is 10.5. The molecule has 1 fully saturated rings. The molecule has 1 atom stereocenters. The van der Waals surface area contributed by atoms with Gasteiger partial charge in [-0.05, 0) is 31.2 Å². The van der Waals surface area contributed by atoms with Crippen LogP contribution in [0.25, 0.3) is 0 Å². The average molecular weight is 226 g/mol. The first-order valence-corrected chi connectivity index (χ1v) is 6.69. The van der Waals surface area contributed by atoms with E-state index in [9.17, 15) is 4.79 Å². The van der Waals surface area contributed by atoms with Crippen LogP contribution < -0.4 is 11.1 Å². The molecule has 0 spiro atoms. The van der Waals surface area contributed by atoms with Gasteiger partial charge in [0.05, 0.1) is 0 Å². The lowest BCUT2D eigenvalue weighted by atomic mass is 10.0. The second-order valence-corrected chi connectivity index (χ2v) is 5.19. The summed E-state index contributed by atoms with van der Waals surface area (Å²) in [6, 6.07) is 0. The van der Waals surface area contributed by atoms with E-state index in [-0.39, 0.29) is 5.91 Å². The van der Waals surface area contributed by atoms with Gasteiger partial charge in [-0.1, -0.05) is 32.6 Å². The van der Waals surface area contributed by atoms with Gasteiger partial charge >= 0.3 is 0 Å². The van der Waals surface area contributed by atoms with Crippen LogP contribution in [0.2, 0.25) is 0 Å². The lowest BCUT2D eigenvalue weighted by molar-refractivity contribution is -0.121. The van der Waals surface area contributed by atoms with Crippen molar-refractivity contribution in [2.24, 2.45) is 17.6 Å². The van der Waals surface area contributed by atoms with Crippen molar-refractivity contribution in [2.75, 3.05) is 13.1 Å². The van der Waals surface area contributed by atoms with Gasteiger partial charge in [0.15, 0.2) is 0 Å². The molecule has 0 radical (unpaired) electrons. The number of nitrogens with two attached hydrogens (primary N) is 1. The summed E-state index contributed by atoms with van der Waals surface area (Å²) in [5, 5.41) is 2.94. The highest BCUT2D eigenvalue weighted by Crippen LogP contribution is 2.28. The topological polar surface area (TPSA) is 55.1 Å². The van der Waals surface area contributed by atoms with Gasteiger partial charge in [-0.2, -0.15) is 0 Å². The van der Waals surface area contributed by atoms with Crippen molar-refractivity contribution in [3.8, 4) is 0 Å². The fourth-order valence-electron chi connectivity index (χ4n) is 2.31. The number of rotatable bonds is 7. The molecule has 0 aromatic rings. The quantitative estimate of drug-likeness (QED) is 0.698. The molecule has 16 heavy (non-hydrogen) atoms. The predicted octanol–water partition coefficient (Wildman–Crippen LogP) is 2.06. The number of amides is 1. The summed E-state index contributed by atoms with van der Waals surface area (Å²) in [5.74, 6) is 1.48. The highest BCUT2D eigenvalue weighted by atomic mass is 16.1. The molecule has 3 heteroatoms. The van der Waals surface area contributed by atoms with Gasteiger partial charge in [0.25, 0.3) is 0 Å². The van der Waals surface area contributed by atoms with E-state index in [4.69, 9.17) is 5.73 Å². The Morgan fingerprint density at radius 2 is 2.12 bits per heavy atom. The lowest BCUT2D eigenvalue weighted by Gasteiger charge is -2.11. The minimum absolute atomic E-state index is 0.193. The predicted molar refractivity (Wildman–Crippen MR) is 67.0 cm³/mol. The van der Waals surface area contributed by atoms with Crippen molar-refractivity contribution >= 4 is 5.91 Å². The number of carbonyl (C=O) groups is 1. The van der Waals surface area contributed by atoms with Crippen LogP contribution in [0, 0.1) is 11.8 Å². The van der Waals surface area contributed by atoms with E-state index in [0.717, 1.165) is 18.9 Å². The Morgan fingerprint density at radius 3 is 2.75 bits per heavy atom. The van der Waals surface area contributed by atoms with Crippen molar-refractivity contribution in [3.63, 3.8) is 0 Å². The Hall–Kier alpha value is -0.570. The van der Waals surface area contributed by atoms with Crippen LogP contribution >= 0.6 is 0 Å². The fourth-order valence-corrected chi connectivity index (χ4v) is 2.31. The maximum atomic E-state index is 11.5. The van der Waals surface area contributed by atoms with Crippen molar-refractivity contribution in [3.05, 3.63) is 0 Å². The second kappa shape index (κ2) is 7.66. The maximum Gasteiger partial charge on any atom is 0.220 e. The molecule has 1 rings (SSSR count). The van der Waals surface area contributed by atoms with E-state index in [0.29, 0.717) is 18.9 Å². The number of hydrogen-bond donors (Lipinski definition) is 2. The molecule has 0 saturated heterocycles. The Morgan fingerprint density at radius 1 is 1.44 bits per heavy atom. The van der Waals surface area contributed by atoms with Crippen molar-refractivity contribution in [2.45, 2.75) is 51.9 Å². The molecule has 1 amide bonds. The number of nitrogens with one attached hydrogen (secondary N) is 1. The van der Waals surface area contributed by atoms with Crippen LogP contribution in [0.4, 0.5) is 0 Å². The van der Waals surface area contributed by atoms with E-state index in [1.165, 1.54) is 32.1 Å². The molecule has 3 nitrogen and oxygen atoms in total. The molecular weight excluding hydrogens is 200 g/mol. The number of carbonyl (C=O) groups excluding carboxylic acids is 1. The van der Waals surface area contributed by atoms with Gasteiger partial charge in [-0.25, -0.2) is 0 Å². The van der Waals surface area contributed by atoms with Gasteiger partial charge in [0.2, 0.25) is 5.91 Å². The monoisotopic (exact) mass is 226 g/mol. The highest BCUT2D eigenvalue weighted by Gasteiger charge is 2.14. The van der Waals surface area contributed by atoms with Crippen LogP contribution in [0.3, 0.4) is 0 Å². The normalized spacial score (nSPS) is 18.6. The standard InChI is InChI=1S/C13H26N2O/c1-11(9-14)10-15-13(16)8-4-7-12-5-2-3-6-12/h11-12H,2-10,14H2,1H3,(H,15,16). The summed E-state index contributed by atoms with van der Waals surface area (Å²) >= 11 is 0. The van der Waals surface area contributed by atoms with Crippen LogP contribution in [0.15, 0.2) is 0 Å². The molecule has 1 aliphatic carbocycles. The Labute approximate surface area is 99.2 Å². The first-order valence-electron chi connectivity index (χ1n) is 6.69. The van der Waals surface area contributed by atoms with E-state index in [2.05, 4.69) is 12.2 Å². The van der Waals surface area contributed by atoms with Crippen LogP contribution in [0.1, 0.15) is 51.9 Å². The van der Waals surface area contributed by atoms with Gasteiger partial charge in [0.1, 0.15) is 0 Å². The van der Waals surface area contributed by atoms with E-state index >= 15 is 0 Å². The molecule has 94 valence electrons. The lowest BCUT2D eigenvalue weighted by Crippen LogP contribution is -2.31. The SMILES string of the molecule is CC(CN)CNC(=O)CCCC1CCCC1. The number of hydrogen-bond acceptors (Lipinski definition) is 2. The molecule has 0 bridgehead atoms. The molecular formula is C13H26N2O. The van der Waals surface area contributed by atoms with Crippen LogP contribution in [-0.2, 0) is 4.79 Å². The molecule has 0 aromatic carbocycles. The molecule has 0 heterocycles. The minimum Gasteiger partial charge on any atom is -0.356 e. The minimum atomic E-state index is 0.193. The Bertz CT molecular complexity index is 200. The molecule has 1 unspecified atom stereocenters. The highest BCUT2D eigenvalue weighted by molar-refractivity contribution is 5.75. The summed E-state index contributed by atoms with van der Waals surface area (Å²) < 4.78 is 0. The van der Waals surface area contributed by atoms with Crippen molar-refractivity contribution < 1.29 is 4.79 Å². The Kier molecular flexibility index (Phi) is 6.46. The molecule has 0 aromatic heterocycles. The van der Waals surface area contributed by atoms with Crippen LogP contribution in [-0.4, -0.2) is 19.0 Å². The largest absolute Gasteiger partial charge is 0.356 e. The zero-order valence-corrected chi connectivity index (χ0v) is 10.5. The summed E-state index contributed by atoms with van der Waals surface area (Å²) in [6.07, 6.45) is 8.52. The van der Waals surface area contributed by atoms with Crippen molar-refractivity contribution in [1.29, 1.82) is 0 Å². The average Bonchev–Trinajstić information content (AvgIpc) is 2.79. The molecule has 3 N–H and O–H groups in total.